The predicted molar refractivity (Wildman–Crippen MR) is 107 cm³/mol. The Hall–Kier alpha value is -1.31. The fourth-order valence-corrected chi connectivity index (χ4v) is 3.75. The van der Waals surface area contributed by atoms with E-state index in [4.69, 9.17) is 0 Å². The molecule has 1 aliphatic heterocycles. The van der Waals surface area contributed by atoms with Crippen LogP contribution in [0.3, 0.4) is 0 Å². The van der Waals surface area contributed by atoms with Crippen LogP contribution in [0, 0.1) is 11.7 Å². The Morgan fingerprint density at radius 1 is 1.35 bits per heavy atom. The second-order valence-corrected chi connectivity index (χ2v) is 7.69. The van der Waals surface area contributed by atoms with Gasteiger partial charge >= 0.3 is 0 Å². The van der Waals surface area contributed by atoms with E-state index in [1.165, 1.54) is 36.0 Å². The Balaban J connectivity index is 0.00000338. The van der Waals surface area contributed by atoms with E-state index < -0.39 is 0 Å². The lowest BCUT2D eigenvalue weighted by molar-refractivity contribution is -0.132. The average molecular weight is 404 g/mol. The van der Waals surface area contributed by atoms with Gasteiger partial charge in [-0.15, -0.1) is 24.2 Å². The third-order valence-corrected chi connectivity index (χ3v) is 5.39. The zero-order valence-corrected chi connectivity index (χ0v) is 16.8. The van der Waals surface area contributed by atoms with Crippen LogP contribution in [0.15, 0.2) is 24.3 Å². The van der Waals surface area contributed by atoms with Gasteiger partial charge in [-0.2, -0.15) is 0 Å². The van der Waals surface area contributed by atoms with E-state index in [0.29, 0.717) is 11.6 Å². The summed E-state index contributed by atoms with van der Waals surface area (Å²) in [5.74, 6) is 0.257. The van der Waals surface area contributed by atoms with Gasteiger partial charge in [0.1, 0.15) is 5.82 Å². The fourth-order valence-electron chi connectivity index (χ4n) is 2.98. The summed E-state index contributed by atoms with van der Waals surface area (Å²) in [6, 6.07) is 5.63. The third kappa shape index (κ3) is 7.13. The van der Waals surface area contributed by atoms with Crippen molar-refractivity contribution < 1.29 is 14.0 Å². The third-order valence-electron chi connectivity index (χ3n) is 4.26. The lowest BCUT2D eigenvalue weighted by Gasteiger charge is -2.34. The first-order valence-corrected chi connectivity index (χ1v) is 9.65. The molecule has 0 aliphatic carbocycles. The van der Waals surface area contributed by atoms with Gasteiger partial charge in [-0.1, -0.05) is 0 Å². The maximum Gasteiger partial charge on any atom is 0.235 e. The minimum Gasteiger partial charge on any atom is -0.341 e. The molecule has 26 heavy (non-hydrogen) atoms. The second-order valence-electron chi connectivity index (χ2n) is 6.36. The number of hydrogen-bond donors (Lipinski definition) is 2. The van der Waals surface area contributed by atoms with Crippen LogP contribution >= 0.6 is 24.2 Å². The van der Waals surface area contributed by atoms with Crippen LogP contribution < -0.4 is 10.6 Å². The number of carbonyl (C=O) groups excluding carboxylic acids is 2. The highest BCUT2D eigenvalue weighted by Gasteiger charge is 2.27. The van der Waals surface area contributed by atoms with Crippen LogP contribution in [0.25, 0.3) is 0 Å². The van der Waals surface area contributed by atoms with Gasteiger partial charge in [0.05, 0.1) is 11.0 Å². The highest BCUT2D eigenvalue weighted by atomic mass is 35.5. The van der Waals surface area contributed by atoms with Crippen molar-refractivity contribution in [2.24, 2.45) is 5.92 Å². The van der Waals surface area contributed by atoms with E-state index in [1.807, 2.05) is 18.9 Å². The molecule has 0 bridgehead atoms. The van der Waals surface area contributed by atoms with E-state index in [0.717, 1.165) is 32.5 Å². The lowest BCUT2D eigenvalue weighted by atomic mass is 9.98. The molecule has 5 nitrogen and oxygen atoms in total. The van der Waals surface area contributed by atoms with E-state index in [9.17, 15) is 14.0 Å². The Bertz CT molecular complexity index is 586. The van der Waals surface area contributed by atoms with Gasteiger partial charge in [0, 0.05) is 18.8 Å². The van der Waals surface area contributed by atoms with Crippen molar-refractivity contribution >= 4 is 41.7 Å². The van der Waals surface area contributed by atoms with E-state index >= 15 is 0 Å². The summed E-state index contributed by atoms with van der Waals surface area (Å²) in [5.41, 5.74) is 0.553. The molecular formula is C18H27ClFN3O2S. The first-order valence-electron chi connectivity index (χ1n) is 8.60. The molecule has 1 fully saturated rings. The number of nitrogens with one attached hydrogen (secondary N) is 2. The number of rotatable bonds is 7. The van der Waals surface area contributed by atoms with E-state index in [1.54, 1.807) is 0 Å². The number of anilines is 1. The molecule has 1 heterocycles. The molecule has 2 N–H and O–H groups in total. The number of hydrogen-bond acceptors (Lipinski definition) is 4. The van der Waals surface area contributed by atoms with Gasteiger partial charge in [-0.05, 0) is 63.5 Å². The van der Waals surface area contributed by atoms with Gasteiger partial charge in [0.25, 0.3) is 0 Å². The Kier molecular flexibility index (Phi) is 9.98. The SMILES string of the molecule is CNCC1CCCN(C(=O)C(C)SCC(=O)Nc2ccc(F)cc2)C1.Cl. The van der Waals surface area contributed by atoms with Crippen molar-refractivity contribution in [3.8, 4) is 0 Å². The van der Waals surface area contributed by atoms with Gasteiger partial charge in [0.2, 0.25) is 11.8 Å². The van der Waals surface area contributed by atoms with Gasteiger partial charge in [0.15, 0.2) is 0 Å². The molecule has 2 amide bonds. The highest BCUT2D eigenvalue weighted by molar-refractivity contribution is 8.01. The summed E-state index contributed by atoms with van der Waals surface area (Å²) in [6.07, 6.45) is 2.17. The van der Waals surface area contributed by atoms with Crippen molar-refractivity contribution in [3.63, 3.8) is 0 Å². The Morgan fingerprint density at radius 2 is 2.04 bits per heavy atom. The Morgan fingerprint density at radius 3 is 2.69 bits per heavy atom. The van der Waals surface area contributed by atoms with Crippen molar-refractivity contribution in [2.45, 2.75) is 25.0 Å². The number of thioether (sulfide) groups is 1. The van der Waals surface area contributed by atoms with Crippen molar-refractivity contribution in [1.82, 2.24) is 10.2 Å². The van der Waals surface area contributed by atoms with Crippen LogP contribution in [-0.4, -0.2) is 54.4 Å². The topological polar surface area (TPSA) is 61.4 Å². The lowest BCUT2D eigenvalue weighted by Crippen LogP contribution is -2.45. The van der Waals surface area contributed by atoms with E-state index in [2.05, 4.69) is 10.6 Å². The number of carbonyl (C=O) groups is 2. The number of nitrogens with zero attached hydrogens (tertiary/aromatic N) is 1. The number of piperidine rings is 1. The minimum absolute atomic E-state index is 0. The summed E-state index contributed by atoms with van der Waals surface area (Å²) in [5, 5.41) is 5.62. The number of halogens is 2. The van der Waals surface area contributed by atoms with Crippen molar-refractivity contribution in [3.05, 3.63) is 30.1 Å². The van der Waals surface area contributed by atoms with Gasteiger partial charge in [-0.3, -0.25) is 9.59 Å². The van der Waals surface area contributed by atoms with Crippen LogP contribution in [0.2, 0.25) is 0 Å². The summed E-state index contributed by atoms with van der Waals surface area (Å²) in [7, 11) is 1.93. The first kappa shape index (κ1) is 22.7. The smallest absolute Gasteiger partial charge is 0.235 e. The molecule has 2 atom stereocenters. The molecule has 1 aromatic carbocycles. The van der Waals surface area contributed by atoms with Gasteiger partial charge < -0.3 is 15.5 Å². The Labute approximate surface area is 164 Å². The normalized spacial score (nSPS) is 18.0. The maximum absolute atomic E-state index is 12.9. The van der Waals surface area contributed by atoms with Crippen LogP contribution in [0.5, 0.6) is 0 Å². The zero-order chi connectivity index (χ0) is 18.2. The molecule has 0 radical (unpaired) electrons. The molecule has 0 aromatic heterocycles. The summed E-state index contributed by atoms with van der Waals surface area (Å²) < 4.78 is 12.9. The van der Waals surface area contributed by atoms with Crippen LogP contribution in [-0.2, 0) is 9.59 Å². The predicted octanol–water partition coefficient (Wildman–Crippen LogP) is 2.77. The molecule has 1 aliphatic rings. The molecule has 146 valence electrons. The molecule has 0 saturated carbocycles. The molecule has 8 heteroatoms. The molecule has 1 aromatic rings. The van der Waals surface area contributed by atoms with Crippen LogP contribution in [0.4, 0.5) is 10.1 Å². The number of likely N-dealkylation sites (tertiary alicyclic amines) is 1. The monoisotopic (exact) mass is 403 g/mol. The minimum atomic E-state index is -0.343. The summed E-state index contributed by atoms with van der Waals surface area (Å²) in [4.78, 5) is 26.5. The first-order chi connectivity index (χ1) is 12.0. The highest BCUT2D eigenvalue weighted by Crippen LogP contribution is 2.20. The molecule has 2 rings (SSSR count). The van der Waals surface area contributed by atoms with Crippen LogP contribution in [0.1, 0.15) is 19.8 Å². The second kappa shape index (κ2) is 11.4. The maximum atomic E-state index is 12.9. The largest absolute Gasteiger partial charge is 0.341 e. The summed E-state index contributed by atoms with van der Waals surface area (Å²) in [6.45, 7) is 4.35. The number of amides is 2. The zero-order valence-electron chi connectivity index (χ0n) is 15.2. The quantitative estimate of drug-likeness (QED) is 0.734. The van der Waals surface area contributed by atoms with Gasteiger partial charge in [-0.25, -0.2) is 4.39 Å². The fraction of sp³-hybridized carbons (Fsp3) is 0.556. The summed E-state index contributed by atoms with van der Waals surface area (Å²) >= 11 is 1.33. The molecule has 0 spiro atoms. The standard InChI is InChI=1S/C18H26FN3O2S.ClH/c1-13(18(24)22-9-3-4-14(11-22)10-20-2)25-12-17(23)21-16-7-5-15(19)6-8-16;/h5-8,13-14,20H,3-4,9-12H2,1-2H3,(H,21,23);1H. The molecule has 1 saturated heterocycles. The van der Waals surface area contributed by atoms with Crippen molar-refractivity contribution in [2.75, 3.05) is 37.8 Å². The molecule has 2 unspecified atom stereocenters. The number of benzene rings is 1. The molecular weight excluding hydrogens is 377 g/mol. The average Bonchev–Trinajstić information content (AvgIpc) is 2.61. The van der Waals surface area contributed by atoms with Crippen molar-refractivity contribution in [1.29, 1.82) is 0 Å². The van der Waals surface area contributed by atoms with E-state index in [-0.39, 0.29) is 41.0 Å².